The number of aromatic nitrogens is 1. The van der Waals surface area contributed by atoms with Gasteiger partial charge in [-0.15, -0.1) is 0 Å². The number of hydrogen-bond acceptors (Lipinski definition) is 1. The average Bonchev–Trinajstić information content (AvgIpc) is 2.67. The van der Waals surface area contributed by atoms with E-state index in [1.165, 1.54) is 5.39 Å². The summed E-state index contributed by atoms with van der Waals surface area (Å²) in [4.78, 5) is 3.29. The summed E-state index contributed by atoms with van der Waals surface area (Å²) in [5.74, 6) is 0. The summed E-state index contributed by atoms with van der Waals surface area (Å²) < 4.78 is 0. The van der Waals surface area contributed by atoms with Crippen molar-refractivity contribution in [2.45, 2.75) is 39.2 Å². The molecule has 2 nitrogen and oxygen atoms in total. The molecule has 0 amide bonds. The van der Waals surface area contributed by atoms with Crippen LogP contribution in [0.3, 0.4) is 0 Å². The standard InChI is InChI=1S/C14H19NO/c1-4-14(16,5-2)12-6-7-13-11(9-12)8-10(3)15-13/h6-9,15-16H,4-5H2,1-3H3. The molecule has 0 spiro atoms. The van der Waals surface area contributed by atoms with E-state index < -0.39 is 5.60 Å². The predicted molar refractivity (Wildman–Crippen MR) is 67.5 cm³/mol. The lowest BCUT2D eigenvalue weighted by Gasteiger charge is -2.25. The minimum atomic E-state index is -0.681. The second kappa shape index (κ2) is 3.95. The summed E-state index contributed by atoms with van der Waals surface area (Å²) in [6, 6.07) is 8.27. The second-order valence-corrected chi connectivity index (χ2v) is 4.49. The number of rotatable bonds is 3. The topological polar surface area (TPSA) is 36.0 Å². The summed E-state index contributed by atoms with van der Waals surface area (Å²) in [5.41, 5.74) is 2.63. The Morgan fingerprint density at radius 1 is 1.19 bits per heavy atom. The minimum Gasteiger partial charge on any atom is -0.385 e. The zero-order chi connectivity index (χ0) is 11.8. The number of nitrogens with one attached hydrogen (secondary N) is 1. The van der Waals surface area contributed by atoms with E-state index in [-0.39, 0.29) is 0 Å². The van der Waals surface area contributed by atoms with Gasteiger partial charge in [0.2, 0.25) is 0 Å². The van der Waals surface area contributed by atoms with Crippen molar-refractivity contribution in [3.63, 3.8) is 0 Å². The molecule has 0 atom stereocenters. The number of fused-ring (bicyclic) bond motifs is 1. The Balaban J connectivity index is 2.53. The molecule has 2 rings (SSSR count). The van der Waals surface area contributed by atoms with Crippen LogP contribution in [0.1, 0.15) is 37.9 Å². The van der Waals surface area contributed by atoms with Crippen LogP contribution in [-0.2, 0) is 5.60 Å². The average molecular weight is 217 g/mol. The lowest BCUT2D eigenvalue weighted by atomic mass is 9.88. The fraction of sp³-hybridized carbons (Fsp3) is 0.429. The van der Waals surface area contributed by atoms with Crippen molar-refractivity contribution in [1.82, 2.24) is 4.98 Å². The first-order chi connectivity index (χ1) is 7.59. The lowest BCUT2D eigenvalue weighted by Crippen LogP contribution is -2.23. The first-order valence-electron chi connectivity index (χ1n) is 5.91. The Kier molecular flexibility index (Phi) is 2.76. The summed E-state index contributed by atoms with van der Waals surface area (Å²) in [6.07, 6.45) is 1.50. The van der Waals surface area contributed by atoms with Gasteiger partial charge in [-0.2, -0.15) is 0 Å². The maximum absolute atomic E-state index is 10.5. The van der Waals surface area contributed by atoms with Crippen LogP contribution in [0.15, 0.2) is 24.3 Å². The van der Waals surface area contributed by atoms with Crippen LogP contribution in [0.25, 0.3) is 10.9 Å². The molecule has 0 saturated heterocycles. The number of aliphatic hydroxyl groups is 1. The van der Waals surface area contributed by atoms with Gasteiger partial charge in [0.1, 0.15) is 0 Å². The van der Waals surface area contributed by atoms with E-state index in [1.54, 1.807) is 0 Å². The first kappa shape index (κ1) is 11.2. The third kappa shape index (κ3) is 1.74. The molecule has 0 aliphatic rings. The van der Waals surface area contributed by atoms with Crippen molar-refractivity contribution in [2.75, 3.05) is 0 Å². The van der Waals surface area contributed by atoms with Crippen LogP contribution >= 0.6 is 0 Å². The van der Waals surface area contributed by atoms with E-state index in [2.05, 4.69) is 17.1 Å². The summed E-state index contributed by atoms with van der Waals surface area (Å²) in [7, 11) is 0. The fourth-order valence-corrected chi connectivity index (χ4v) is 2.23. The molecular weight excluding hydrogens is 198 g/mol. The van der Waals surface area contributed by atoms with Crippen molar-refractivity contribution in [1.29, 1.82) is 0 Å². The number of aryl methyl sites for hydroxylation is 1. The highest BCUT2D eigenvalue weighted by molar-refractivity contribution is 5.81. The van der Waals surface area contributed by atoms with Gasteiger partial charge >= 0.3 is 0 Å². The molecule has 0 aliphatic carbocycles. The van der Waals surface area contributed by atoms with Gasteiger partial charge in [0.25, 0.3) is 0 Å². The van der Waals surface area contributed by atoms with E-state index in [1.807, 2.05) is 32.9 Å². The highest BCUT2D eigenvalue weighted by atomic mass is 16.3. The van der Waals surface area contributed by atoms with E-state index in [0.717, 1.165) is 29.6 Å². The zero-order valence-corrected chi connectivity index (χ0v) is 10.2. The van der Waals surface area contributed by atoms with E-state index in [4.69, 9.17) is 0 Å². The molecule has 86 valence electrons. The van der Waals surface area contributed by atoms with Crippen LogP contribution in [0.2, 0.25) is 0 Å². The maximum atomic E-state index is 10.5. The largest absolute Gasteiger partial charge is 0.385 e. The van der Waals surface area contributed by atoms with Gasteiger partial charge in [-0.3, -0.25) is 0 Å². The molecular formula is C14H19NO. The number of hydrogen-bond donors (Lipinski definition) is 2. The molecule has 2 heteroatoms. The van der Waals surface area contributed by atoms with E-state index >= 15 is 0 Å². The maximum Gasteiger partial charge on any atom is 0.0891 e. The van der Waals surface area contributed by atoms with Crippen molar-refractivity contribution in [3.8, 4) is 0 Å². The molecule has 0 unspecified atom stereocenters. The smallest absolute Gasteiger partial charge is 0.0891 e. The molecule has 2 aromatic rings. The predicted octanol–water partition coefficient (Wildman–Crippen LogP) is 3.48. The first-order valence-corrected chi connectivity index (χ1v) is 5.91. The molecule has 0 saturated carbocycles. The molecule has 0 fully saturated rings. The molecule has 1 aromatic carbocycles. The van der Waals surface area contributed by atoms with Gasteiger partial charge in [0.05, 0.1) is 5.60 Å². The van der Waals surface area contributed by atoms with Gasteiger partial charge in [-0.1, -0.05) is 19.9 Å². The zero-order valence-electron chi connectivity index (χ0n) is 10.2. The molecule has 0 bridgehead atoms. The fourth-order valence-electron chi connectivity index (χ4n) is 2.23. The van der Waals surface area contributed by atoms with Gasteiger partial charge in [0, 0.05) is 16.6 Å². The number of benzene rings is 1. The monoisotopic (exact) mass is 217 g/mol. The minimum absolute atomic E-state index is 0.681. The van der Waals surface area contributed by atoms with Crippen molar-refractivity contribution < 1.29 is 5.11 Å². The molecule has 0 radical (unpaired) electrons. The normalized spacial score (nSPS) is 12.2. The molecule has 1 heterocycles. The Labute approximate surface area is 96.3 Å². The summed E-state index contributed by atoms with van der Waals surface area (Å²) in [6.45, 7) is 6.09. The van der Waals surface area contributed by atoms with Crippen LogP contribution in [-0.4, -0.2) is 10.1 Å². The lowest BCUT2D eigenvalue weighted by molar-refractivity contribution is 0.0285. The third-order valence-electron chi connectivity index (χ3n) is 3.46. The Morgan fingerprint density at radius 2 is 1.88 bits per heavy atom. The summed E-state index contributed by atoms with van der Waals surface area (Å²) in [5, 5.41) is 11.6. The van der Waals surface area contributed by atoms with Crippen molar-refractivity contribution in [2.24, 2.45) is 0 Å². The van der Waals surface area contributed by atoms with Crippen LogP contribution in [0, 0.1) is 6.92 Å². The number of aromatic amines is 1. The Morgan fingerprint density at radius 3 is 2.50 bits per heavy atom. The quantitative estimate of drug-likeness (QED) is 0.811. The van der Waals surface area contributed by atoms with Crippen molar-refractivity contribution >= 4 is 10.9 Å². The molecule has 1 aromatic heterocycles. The highest BCUT2D eigenvalue weighted by Gasteiger charge is 2.24. The van der Waals surface area contributed by atoms with Gasteiger partial charge in [-0.05, 0) is 43.5 Å². The van der Waals surface area contributed by atoms with E-state index in [9.17, 15) is 5.11 Å². The second-order valence-electron chi connectivity index (χ2n) is 4.49. The third-order valence-corrected chi connectivity index (χ3v) is 3.46. The van der Waals surface area contributed by atoms with Gasteiger partial charge in [-0.25, -0.2) is 0 Å². The SMILES string of the molecule is CCC(O)(CC)c1ccc2[nH]c(C)cc2c1. The van der Waals surface area contributed by atoms with Crippen LogP contribution in [0.4, 0.5) is 0 Å². The van der Waals surface area contributed by atoms with Crippen LogP contribution in [0.5, 0.6) is 0 Å². The van der Waals surface area contributed by atoms with Gasteiger partial charge in [0.15, 0.2) is 0 Å². The Bertz CT molecular complexity index is 494. The molecule has 16 heavy (non-hydrogen) atoms. The van der Waals surface area contributed by atoms with Gasteiger partial charge < -0.3 is 10.1 Å². The molecule has 0 aliphatic heterocycles. The summed E-state index contributed by atoms with van der Waals surface area (Å²) >= 11 is 0. The van der Waals surface area contributed by atoms with Crippen LogP contribution < -0.4 is 0 Å². The van der Waals surface area contributed by atoms with E-state index in [0.29, 0.717) is 0 Å². The molecule has 2 N–H and O–H groups in total. The van der Waals surface area contributed by atoms with Crippen molar-refractivity contribution in [3.05, 3.63) is 35.5 Å². The highest BCUT2D eigenvalue weighted by Crippen LogP contribution is 2.30. The number of H-pyrrole nitrogens is 1. The Hall–Kier alpha value is -1.28.